The maximum Gasteiger partial charge on any atom is 0.119 e. The van der Waals surface area contributed by atoms with Crippen molar-refractivity contribution in [2.45, 2.75) is 37.9 Å². The first-order chi connectivity index (χ1) is 7.34. The van der Waals surface area contributed by atoms with Crippen molar-refractivity contribution in [3.63, 3.8) is 0 Å². The maximum atomic E-state index is 6.02. The summed E-state index contributed by atoms with van der Waals surface area (Å²) in [5.74, 6) is 0.950. The van der Waals surface area contributed by atoms with Crippen molar-refractivity contribution in [1.82, 2.24) is 0 Å². The topological polar surface area (TPSA) is 18.5 Å². The first-order valence-corrected chi connectivity index (χ1v) is 5.65. The van der Waals surface area contributed by atoms with Crippen LogP contribution >= 0.6 is 0 Å². The molecule has 0 amide bonds. The molecule has 0 radical (unpaired) electrons. The summed E-state index contributed by atoms with van der Waals surface area (Å²) in [5.41, 5.74) is 2.75. The van der Waals surface area contributed by atoms with Crippen LogP contribution in [0.3, 0.4) is 0 Å². The maximum absolute atomic E-state index is 6.02. The zero-order valence-corrected chi connectivity index (χ0v) is 9.08. The second kappa shape index (κ2) is 3.24. The molecule has 1 fully saturated rings. The van der Waals surface area contributed by atoms with E-state index in [1.54, 1.807) is 7.11 Å². The van der Waals surface area contributed by atoms with Crippen molar-refractivity contribution in [3.8, 4) is 5.75 Å². The van der Waals surface area contributed by atoms with Crippen LogP contribution in [0.1, 0.15) is 36.8 Å². The summed E-state index contributed by atoms with van der Waals surface area (Å²) in [6.07, 6.45) is 4.92. The molecule has 1 aromatic rings. The van der Waals surface area contributed by atoms with E-state index >= 15 is 0 Å². The Bertz CT molecular complexity index is 378. The lowest BCUT2D eigenvalue weighted by atomic mass is 9.91. The number of benzene rings is 1. The van der Waals surface area contributed by atoms with E-state index in [4.69, 9.17) is 9.47 Å². The van der Waals surface area contributed by atoms with Crippen molar-refractivity contribution < 1.29 is 9.47 Å². The van der Waals surface area contributed by atoms with E-state index in [1.807, 2.05) is 6.07 Å². The van der Waals surface area contributed by atoms with Gasteiger partial charge in [0.1, 0.15) is 5.75 Å². The second-order valence-electron chi connectivity index (χ2n) is 4.51. The molecule has 1 heterocycles. The lowest BCUT2D eigenvalue weighted by Crippen LogP contribution is -2.20. The van der Waals surface area contributed by atoms with Crippen LogP contribution in [0.15, 0.2) is 18.2 Å². The van der Waals surface area contributed by atoms with Gasteiger partial charge in [-0.05, 0) is 36.1 Å². The molecule has 15 heavy (non-hydrogen) atoms. The van der Waals surface area contributed by atoms with Gasteiger partial charge in [0.05, 0.1) is 19.3 Å². The third-order valence-electron chi connectivity index (χ3n) is 3.72. The van der Waals surface area contributed by atoms with Crippen molar-refractivity contribution in [2.24, 2.45) is 0 Å². The van der Waals surface area contributed by atoms with E-state index < -0.39 is 0 Å². The van der Waals surface area contributed by atoms with Crippen LogP contribution in [0, 0.1) is 0 Å². The van der Waals surface area contributed by atoms with Gasteiger partial charge in [0.2, 0.25) is 0 Å². The van der Waals surface area contributed by atoms with E-state index in [-0.39, 0.29) is 5.60 Å². The third-order valence-corrected chi connectivity index (χ3v) is 3.72. The predicted octanol–water partition coefficient (Wildman–Crippen LogP) is 2.99. The van der Waals surface area contributed by atoms with E-state index in [0.717, 1.165) is 12.4 Å². The zero-order valence-electron chi connectivity index (χ0n) is 9.08. The standard InChI is InChI=1S/C13H16O2/c1-14-11-5-4-10-9-15-13(12(10)8-11)6-2-3-7-13/h4-5,8H,2-3,6-7,9H2,1H3. The molecule has 1 aliphatic heterocycles. The molecule has 2 heteroatoms. The Labute approximate surface area is 90.2 Å². The van der Waals surface area contributed by atoms with Gasteiger partial charge in [-0.3, -0.25) is 0 Å². The van der Waals surface area contributed by atoms with Gasteiger partial charge in [-0.25, -0.2) is 0 Å². The summed E-state index contributed by atoms with van der Waals surface area (Å²) in [6.45, 7) is 0.777. The van der Waals surface area contributed by atoms with Crippen LogP contribution < -0.4 is 4.74 Å². The highest BCUT2D eigenvalue weighted by Crippen LogP contribution is 2.48. The zero-order chi connectivity index (χ0) is 10.3. The minimum atomic E-state index is 0.0316. The molecule has 1 aromatic carbocycles. The fourth-order valence-corrected chi connectivity index (χ4v) is 2.89. The van der Waals surface area contributed by atoms with Crippen LogP contribution in [-0.4, -0.2) is 7.11 Å². The van der Waals surface area contributed by atoms with Gasteiger partial charge in [-0.2, -0.15) is 0 Å². The lowest BCUT2D eigenvalue weighted by molar-refractivity contribution is -0.0325. The Morgan fingerprint density at radius 1 is 1.27 bits per heavy atom. The van der Waals surface area contributed by atoms with E-state index in [2.05, 4.69) is 12.1 Å². The predicted molar refractivity (Wildman–Crippen MR) is 57.9 cm³/mol. The second-order valence-corrected chi connectivity index (χ2v) is 4.51. The molecule has 0 aromatic heterocycles. The molecular formula is C13H16O2. The summed E-state index contributed by atoms with van der Waals surface area (Å²) < 4.78 is 11.3. The Balaban J connectivity index is 2.07. The molecule has 0 atom stereocenters. The first kappa shape index (κ1) is 9.22. The van der Waals surface area contributed by atoms with Crippen molar-refractivity contribution in [1.29, 1.82) is 0 Å². The molecule has 80 valence electrons. The van der Waals surface area contributed by atoms with Crippen LogP contribution in [0.4, 0.5) is 0 Å². The lowest BCUT2D eigenvalue weighted by Gasteiger charge is -2.23. The first-order valence-electron chi connectivity index (χ1n) is 5.65. The average Bonchev–Trinajstić information content (AvgIpc) is 2.89. The molecular weight excluding hydrogens is 188 g/mol. The summed E-state index contributed by atoms with van der Waals surface area (Å²) in [7, 11) is 1.72. The molecule has 0 saturated heterocycles. The van der Waals surface area contributed by atoms with Crippen LogP contribution in [-0.2, 0) is 16.9 Å². The van der Waals surface area contributed by atoms with Gasteiger partial charge in [-0.1, -0.05) is 18.9 Å². The summed E-state index contributed by atoms with van der Waals surface area (Å²) in [5, 5.41) is 0. The fraction of sp³-hybridized carbons (Fsp3) is 0.538. The Kier molecular flexibility index (Phi) is 1.99. The van der Waals surface area contributed by atoms with Gasteiger partial charge in [-0.15, -0.1) is 0 Å². The number of methoxy groups -OCH3 is 1. The monoisotopic (exact) mass is 204 g/mol. The average molecular weight is 204 g/mol. The van der Waals surface area contributed by atoms with Crippen molar-refractivity contribution >= 4 is 0 Å². The normalized spacial score (nSPS) is 21.9. The molecule has 1 saturated carbocycles. The molecule has 1 spiro atoms. The molecule has 3 rings (SSSR count). The largest absolute Gasteiger partial charge is 0.497 e. The molecule has 1 aliphatic carbocycles. The molecule has 0 bridgehead atoms. The van der Waals surface area contributed by atoms with E-state index in [0.29, 0.717) is 0 Å². The number of hydrogen-bond acceptors (Lipinski definition) is 2. The van der Waals surface area contributed by atoms with Crippen molar-refractivity contribution in [2.75, 3.05) is 7.11 Å². The summed E-state index contributed by atoms with van der Waals surface area (Å²) in [6, 6.07) is 6.32. The number of fused-ring (bicyclic) bond motifs is 2. The summed E-state index contributed by atoms with van der Waals surface area (Å²) >= 11 is 0. The fourth-order valence-electron chi connectivity index (χ4n) is 2.89. The van der Waals surface area contributed by atoms with Crippen molar-refractivity contribution in [3.05, 3.63) is 29.3 Å². The molecule has 0 unspecified atom stereocenters. The summed E-state index contributed by atoms with van der Waals surface area (Å²) in [4.78, 5) is 0. The number of ether oxygens (including phenoxy) is 2. The molecule has 0 N–H and O–H groups in total. The molecule has 2 nitrogen and oxygen atoms in total. The molecule has 2 aliphatic rings. The minimum absolute atomic E-state index is 0.0316. The van der Waals surface area contributed by atoms with Gasteiger partial charge in [0, 0.05) is 0 Å². The SMILES string of the molecule is COc1ccc2c(c1)C1(CCCC1)OC2. The smallest absolute Gasteiger partial charge is 0.119 e. The highest BCUT2D eigenvalue weighted by molar-refractivity contribution is 5.42. The van der Waals surface area contributed by atoms with Crippen LogP contribution in [0.25, 0.3) is 0 Å². The van der Waals surface area contributed by atoms with Crippen LogP contribution in [0.2, 0.25) is 0 Å². The highest BCUT2D eigenvalue weighted by Gasteiger charge is 2.42. The third kappa shape index (κ3) is 1.28. The van der Waals surface area contributed by atoms with Gasteiger partial charge >= 0.3 is 0 Å². The Morgan fingerprint density at radius 3 is 2.80 bits per heavy atom. The van der Waals surface area contributed by atoms with Gasteiger partial charge in [0.15, 0.2) is 0 Å². The van der Waals surface area contributed by atoms with Gasteiger partial charge in [0.25, 0.3) is 0 Å². The van der Waals surface area contributed by atoms with Gasteiger partial charge < -0.3 is 9.47 Å². The van der Waals surface area contributed by atoms with Crippen LogP contribution in [0.5, 0.6) is 5.75 Å². The highest BCUT2D eigenvalue weighted by atomic mass is 16.5. The Morgan fingerprint density at radius 2 is 2.07 bits per heavy atom. The quantitative estimate of drug-likeness (QED) is 0.700. The number of hydrogen-bond donors (Lipinski definition) is 0. The van der Waals surface area contributed by atoms with E-state index in [9.17, 15) is 0 Å². The van der Waals surface area contributed by atoms with E-state index in [1.165, 1.54) is 36.8 Å². The Hall–Kier alpha value is -1.02. The number of rotatable bonds is 1. The minimum Gasteiger partial charge on any atom is -0.497 e.